The molecule has 0 bridgehead atoms. The fourth-order valence-corrected chi connectivity index (χ4v) is 7.80. The van der Waals surface area contributed by atoms with Gasteiger partial charge in [-0.05, 0) is 85.3 Å². The number of carbonyl (C=O) groups excluding carboxylic acids is 1. The van der Waals surface area contributed by atoms with Crippen molar-refractivity contribution < 1.29 is 71.8 Å². The number of hydrogen-bond acceptors (Lipinski definition) is 5. The molecule has 0 radical (unpaired) electrons. The number of halogens is 10. The Balaban J connectivity index is 1.38. The number of carboxylic acid groups (broad SMARTS) is 1. The topological polar surface area (TPSA) is 104 Å². The van der Waals surface area contributed by atoms with E-state index in [1.54, 1.807) is 12.1 Å². The maximum atomic E-state index is 15.1. The fraction of sp³-hybridized carbons (Fsp3) is 0.316. The first-order valence-corrected chi connectivity index (χ1v) is 18.8. The minimum Gasteiger partial charge on any atom is -0.488 e. The van der Waals surface area contributed by atoms with E-state index in [2.05, 4.69) is 0 Å². The second-order valence-electron chi connectivity index (χ2n) is 14.1. The van der Waals surface area contributed by atoms with Crippen LogP contribution in [0, 0.1) is 58.2 Å². The lowest BCUT2D eigenvalue weighted by atomic mass is 9.99. The van der Waals surface area contributed by atoms with Crippen LogP contribution < -0.4 is 9.64 Å². The van der Waals surface area contributed by atoms with E-state index < -0.39 is 121 Å². The van der Waals surface area contributed by atoms with Gasteiger partial charge in [0.2, 0.25) is 27.6 Å². The minimum absolute atomic E-state index is 0.193. The summed E-state index contributed by atoms with van der Waals surface area (Å²) in [4.78, 5) is 24.7. The molecule has 0 atom stereocenters. The summed E-state index contributed by atoms with van der Waals surface area (Å²) in [6.07, 6.45) is 4.08. The van der Waals surface area contributed by atoms with E-state index in [4.69, 9.17) is 4.74 Å². The van der Waals surface area contributed by atoms with Gasteiger partial charge in [0, 0.05) is 12.1 Å². The zero-order valence-electron chi connectivity index (χ0n) is 29.1. The van der Waals surface area contributed by atoms with Crippen LogP contribution in [0.15, 0.2) is 41.3 Å². The number of benzene rings is 4. The van der Waals surface area contributed by atoms with Crippen molar-refractivity contribution in [2.75, 3.05) is 11.4 Å². The van der Waals surface area contributed by atoms with Gasteiger partial charge in [-0.2, -0.15) is 4.31 Å². The molecule has 3 fully saturated rings. The highest BCUT2D eigenvalue weighted by Gasteiger charge is 2.41. The highest BCUT2D eigenvalue weighted by molar-refractivity contribution is 7.89. The number of carboxylic acids is 1. The van der Waals surface area contributed by atoms with Gasteiger partial charge in [-0.1, -0.05) is 18.2 Å². The summed E-state index contributed by atoms with van der Waals surface area (Å²) in [6, 6.07) is 8.77. The van der Waals surface area contributed by atoms with E-state index >= 15 is 17.6 Å². The molecule has 8 nitrogen and oxygen atoms in total. The Bertz CT molecular complexity index is 2370. The van der Waals surface area contributed by atoms with E-state index in [0.717, 1.165) is 59.9 Å². The molecule has 4 aromatic carbocycles. The Kier molecular flexibility index (Phi) is 10.5. The molecule has 1 amide bonds. The molecule has 0 aromatic heterocycles. The summed E-state index contributed by atoms with van der Waals surface area (Å²) >= 11 is 0. The van der Waals surface area contributed by atoms with Gasteiger partial charge in [0.1, 0.15) is 5.75 Å². The first kappa shape index (κ1) is 40.0. The molecule has 0 aliphatic heterocycles. The van der Waals surface area contributed by atoms with Crippen molar-refractivity contribution in [2.45, 2.75) is 74.4 Å². The number of aromatic carboxylic acids is 1. The van der Waals surface area contributed by atoms with Crippen LogP contribution in [0.5, 0.6) is 5.75 Å². The van der Waals surface area contributed by atoms with Crippen LogP contribution in [0.3, 0.4) is 0 Å². The summed E-state index contributed by atoms with van der Waals surface area (Å²) in [6.45, 7) is -4.28. The maximum absolute atomic E-state index is 15.1. The lowest BCUT2D eigenvalue weighted by Gasteiger charge is -2.29. The molecule has 3 saturated carbocycles. The summed E-state index contributed by atoms with van der Waals surface area (Å²) < 4.78 is 179. The smallest absolute Gasteiger partial charge is 0.335 e. The van der Waals surface area contributed by atoms with Crippen molar-refractivity contribution in [3.63, 3.8) is 0 Å². The van der Waals surface area contributed by atoms with Gasteiger partial charge >= 0.3 is 5.97 Å². The molecule has 0 heterocycles. The normalized spacial score (nSPS) is 15.6. The summed E-state index contributed by atoms with van der Waals surface area (Å²) in [5, 5.41) is 9.68. The van der Waals surface area contributed by atoms with Crippen molar-refractivity contribution >= 4 is 27.6 Å². The Morgan fingerprint density at radius 2 is 1.14 bits per heavy atom. The molecule has 4 aromatic rings. The van der Waals surface area contributed by atoms with Gasteiger partial charge in [-0.25, -0.2) is 57.1 Å². The van der Waals surface area contributed by atoms with Gasteiger partial charge in [0.05, 0.1) is 30.4 Å². The summed E-state index contributed by atoms with van der Waals surface area (Å²) in [5.41, 5.74) is -0.170. The van der Waals surface area contributed by atoms with E-state index in [9.17, 15) is 49.5 Å². The third-order valence-electron chi connectivity index (χ3n) is 9.81. The monoisotopic (exact) mass is 830 g/mol. The molecule has 57 heavy (non-hydrogen) atoms. The molecule has 0 saturated heterocycles. The zero-order valence-corrected chi connectivity index (χ0v) is 29.9. The molecule has 0 unspecified atom stereocenters. The lowest BCUT2D eigenvalue weighted by Crippen LogP contribution is -2.43. The van der Waals surface area contributed by atoms with Crippen molar-refractivity contribution in [1.82, 2.24) is 4.31 Å². The molecular formula is C38H28F10N2O6S. The van der Waals surface area contributed by atoms with Crippen LogP contribution in [0.25, 0.3) is 0 Å². The zero-order chi connectivity index (χ0) is 41.2. The van der Waals surface area contributed by atoms with Crippen LogP contribution in [0.2, 0.25) is 0 Å². The standard InChI is InChI=1S/C38H28F10N2O6S/c39-27-23(28(40)30(42)31(43)29(27)41)14-49(57(54,55)37-35(47)33(45)32(44)34(46)36(37)48)15-26(51)50(24-8-5-19(38(52)53)12-25(24)56-22-6-7-22)13-16-9-20(17-1-2-17)11-21(10-16)18-3-4-18/h5,8-12,17-18,22H,1-4,6-7,13-15H2,(H,52,53). The largest absolute Gasteiger partial charge is 0.488 e. The average molecular weight is 831 g/mol. The predicted octanol–water partition coefficient (Wildman–Crippen LogP) is 8.50. The highest BCUT2D eigenvalue weighted by Crippen LogP contribution is 2.46. The third-order valence-corrected chi connectivity index (χ3v) is 11.6. The number of anilines is 1. The van der Waals surface area contributed by atoms with Gasteiger partial charge in [0.25, 0.3) is 0 Å². The SMILES string of the molecule is O=C(O)c1ccc(N(Cc2cc(C3CC3)cc(C3CC3)c2)C(=O)CN(Cc2c(F)c(F)c(F)c(F)c2F)S(=O)(=O)c2c(F)c(F)c(F)c(F)c2F)c(OC2CC2)c1. The number of hydrogen-bond donors (Lipinski definition) is 1. The Morgan fingerprint density at radius 1 is 0.649 bits per heavy atom. The van der Waals surface area contributed by atoms with Crippen LogP contribution >= 0.6 is 0 Å². The van der Waals surface area contributed by atoms with Crippen molar-refractivity contribution in [3.05, 3.63) is 122 Å². The highest BCUT2D eigenvalue weighted by atomic mass is 32.2. The van der Waals surface area contributed by atoms with Crippen molar-refractivity contribution in [1.29, 1.82) is 0 Å². The summed E-state index contributed by atoms with van der Waals surface area (Å²) in [5.74, 6) is -29.9. The first-order chi connectivity index (χ1) is 26.9. The molecule has 302 valence electrons. The van der Waals surface area contributed by atoms with Crippen molar-refractivity contribution in [3.8, 4) is 5.75 Å². The van der Waals surface area contributed by atoms with E-state index in [1.165, 1.54) is 0 Å². The van der Waals surface area contributed by atoms with E-state index in [1.807, 2.05) is 6.07 Å². The van der Waals surface area contributed by atoms with Gasteiger partial charge < -0.3 is 14.7 Å². The maximum Gasteiger partial charge on any atom is 0.335 e. The lowest BCUT2D eigenvalue weighted by molar-refractivity contribution is -0.119. The molecule has 1 N–H and O–H groups in total. The van der Waals surface area contributed by atoms with Gasteiger partial charge in [-0.15, -0.1) is 0 Å². The Labute approximate surface area is 317 Å². The van der Waals surface area contributed by atoms with Crippen LogP contribution in [0.4, 0.5) is 49.6 Å². The average Bonchev–Trinajstić information content (AvgIpc) is 4.00. The second-order valence-corrected chi connectivity index (χ2v) is 15.9. The molecular weight excluding hydrogens is 802 g/mol. The number of amides is 1. The minimum atomic E-state index is -6.32. The van der Waals surface area contributed by atoms with Gasteiger partial charge in [-0.3, -0.25) is 4.79 Å². The number of carbonyl (C=O) groups is 2. The van der Waals surface area contributed by atoms with E-state index in [-0.39, 0.29) is 28.8 Å². The van der Waals surface area contributed by atoms with Crippen LogP contribution in [-0.2, 0) is 27.9 Å². The van der Waals surface area contributed by atoms with Crippen LogP contribution in [0.1, 0.15) is 83.0 Å². The predicted molar refractivity (Wildman–Crippen MR) is 179 cm³/mol. The molecule has 0 spiro atoms. The molecule has 3 aliphatic carbocycles. The number of nitrogens with zero attached hydrogens (tertiary/aromatic N) is 2. The molecule has 19 heteroatoms. The quantitative estimate of drug-likeness (QED) is 0.0777. The Morgan fingerprint density at radius 3 is 1.61 bits per heavy atom. The number of rotatable bonds is 14. The van der Waals surface area contributed by atoms with Gasteiger partial charge in [0.15, 0.2) is 51.4 Å². The molecule has 7 rings (SSSR count). The molecule has 3 aliphatic rings. The fourth-order valence-electron chi connectivity index (χ4n) is 6.33. The second kappa shape index (κ2) is 15.0. The van der Waals surface area contributed by atoms with E-state index in [0.29, 0.717) is 18.4 Å². The number of sulfonamides is 1. The number of ether oxygens (including phenoxy) is 1. The third kappa shape index (κ3) is 7.78. The first-order valence-electron chi connectivity index (χ1n) is 17.4. The summed E-state index contributed by atoms with van der Waals surface area (Å²) in [7, 11) is -6.32. The van der Waals surface area contributed by atoms with Crippen molar-refractivity contribution in [2.24, 2.45) is 0 Å². The van der Waals surface area contributed by atoms with Crippen LogP contribution in [-0.4, -0.2) is 42.4 Å². The Hall–Kier alpha value is -5.17.